The Bertz CT molecular complexity index is 859. The maximum Gasteiger partial charge on any atom is 0.220 e. The third-order valence-corrected chi connectivity index (χ3v) is 4.29. The molecule has 140 valence electrons. The summed E-state index contributed by atoms with van der Waals surface area (Å²) in [5.74, 6) is 0.915. The number of hydrogen-bond acceptors (Lipinski definition) is 3. The number of amides is 1. The second-order valence-corrected chi connectivity index (χ2v) is 6.27. The highest BCUT2D eigenvalue weighted by molar-refractivity contribution is 5.76. The lowest BCUT2D eigenvalue weighted by Gasteiger charge is -2.10. The van der Waals surface area contributed by atoms with Gasteiger partial charge in [0.15, 0.2) is 0 Å². The molecule has 0 saturated heterocycles. The van der Waals surface area contributed by atoms with E-state index in [1.54, 1.807) is 0 Å². The molecule has 27 heavy (non-hydrogen) atoms. The summed E-state index contributed by atoms with van der Waals surface area (Å²) in [5.41, 5.74) is 3.19. The normalized spacial score (nSPS) is 10.6. The minimum absolute atomic E-state index is 0.0525. The van der Waals surface area contributed by atoms with Gasteiger partial charge in [0.25, 0.3) is 0 Å². The summed E-state index contributed by atoms with van der Waals surface area (Å²) in [6, 6.07) is 17.9. The van der Waals surface area contributed by atoms with Crippen LogP contribution in [0.5, 0.6) is 5.75 Å². The van der Waals surface area contributed by atoms with Gasteiger partial charge >= 0.3 is 0 Å². The van der Waals surface area contributed by atoms with Gasteiger partial charge in [0.2, 0.25) is 5.91 Å². The quantitative estimate of drug-likeness (QED) is 0.632. The Morgan fingerprint density at radius 2 is 1.85 bits per heavy atom. The number of aryl methyl sites for hydroxylation is 1. The smallest absolute Gasteiger partial charge is 0.220 e. The number of ether oxygens (including phenoxy) is 1. The summed E-state index contributed by atoms with van der Waals surface area (Å²) >= 11 is 0. The van der Waals surface area contributed by atoms with Crippen LogP contribution >= 0.6 is 0 Å². The number of nitrogens with one attached hydrogen (secondary N) is 1. The van der Waals surface area contributed by atoms with Crippen LogP contribution in [0.25, 0.3) is 5.69 Å². The van der Waals surface area contributed by atoms with Crippen LogP contribution in [-0.4, -0.2) is 28.8 Å². The maximum atomic E-state index is 12.1. The van der Waals surface area contributed by atoms with Crippen molar-refractivity contribution < 1.29 is 9.53 Å². The molecule has 0 radical (unpaired) electrons. The molecule has 0 spiro atoms. The van der Waals surface area contributed by atoms with E-state index in [-0.39, 0.29) is 5.91 Å². The number of carbonyl (C=O) groups excluding carboxylic acids is 1. The molecule has 0 unspecified atom stereocenters. The Hall–Kier alpha value is -3.08. The maximum absolute atomic E-state index is 12.1. The summed E-state index contributed by atoms with van der Waals surface area (Å²) < 4.78 is 7.46. The number of hydrogen-bond donors (Lipinski definition) is 1. The molecule has 3 aromatic rings. The van der Waals surface area contributed by atoms with E-state index in [0.717, 1.165) is 29.0 Å². The molecule has 0 aliphatic heterocycles. The fourth-order valence-electron chi connectivity index (χ4n) is 2.90. The van der Waals surface area contributed by atoms with Gasteiger partial charge in [-0.1, -0.05) is 36.4 Å². The molecule has 1 N–H and O–H groups in total. The van der Waals surface area contributed by atoms with E-state index in [0.29, 0.717) is 26.0 Å². The molecule has 0 atom stereocenters. The molecule has 0 aliphatic rings. The van der Waals surface area contributed by atoms with Gasteiger partial charge in [0.05, 0.1) is 18.5 Å². The van der Waals surface area contributed by atoms with Crippen molar-refractivity contribution in [3.8, 4) is 11.4 Å². The van der Waals surface area contributed by atoms with Crippen LogP contribution in [0.4, 0.5) is 0 Å². The lowest BCUT2D eigenvalue weighted by atomic mass is 10.1. The standard InChI is InChI=1S/C22H25N3O2/c1-2-27-21-11-7-6-8-19(21)12-13-22(26)23-15-14-18-16-24-25(17-18)20-9-4-3-5-10-20/h3-11,16-17H,2,12-15H2,1H3,(H,23,26). The van der Waals surface area contributed by atoms with Gasteiger partial charge in [-0.15, -0.1) is 0 Å². The van der Waals surface area contributed by atoms with Crippen molar-refractivity contribution >= 4 is 5.91 Å². The molecule has 0 aliphatic carbocycles. The number of benzene rings is 2. The number of rotatable bonds is 9. The Morgan fingerprint density at radius 3 is 2.67 bits per heavy atom. The Kier molecular flexibility index (Phi) is 6.63. The SMILES string of the molecule is CCOc1ccccc1CCC(=O)NCCc1cnn(-c2ccccc2)c1. The van der Waals surface area contributed by atoms with E-state index in [4.69, 9.17) is 4.74 Å². The molecule has 2 aromatic carbocycles. The first-order valence-corrected chi connectivity index (χ1v) is 9.32. The molecule has 0 bridgehead atoms. The van der Waals surface area contributed by atoms with E-state index in [2.05, 4.69) is 10.4 Å². The third-order valence-electron chi connectivity index (χ3n) is 4.29. The van der Waals surface area contributed by atoms with Crippen molar-refractivity contribution in [1.82, 2.24) is 15.1 Å². The van der Waals surface area contributed by atoms with Crippen molar-refractivity contribution in [3.05, 3.63) is 78.1 Å². The molecule has 3 rings (SSSR count). The molecule has 5 nitrogen and oxygen atoms in total. The predicted octanol–water partition coefficient (Wildman–Crippen LogP) is 3.56. The summed E-state index contributed by atoms with van der Waals surface area (Å²) in [4.78, 5) is 12.1. The van der Waals surface area contributed by atoms with Crippen LogP contribution in [0.15, 0.2) is 67.0 Å². The first-order valence-electron chi connectivity index (χ1n) is 9.32. The second kappa shape index (κ2) is 9.57. The zero-order chi connectivity index (χ0) is 18.9. The minimum atomic E-state index is 0.0525. The fourth-order valence-corrected chi connectivity index (χ4v) is 2.90. The molecule has 5 heteroatoms. The second-order valence-electron chi connectivity index (χ2n) is 6.27. The summed E-state index contributed by atoms with van der Waals surface area (Å²) in [5, 5.41) is 7.36. The van der Waals surface area contributed by atoms with Gasteiger partial charge in [0.1, 0.15) is 5.75 Å². The highest BCUT2D eigenvalue weighted by Gasteiger charge is 2.07. The van der Waals surface area contributed by atoms with Gasteiger partial charge in [0, 0.05) is 19.2 Å². The van der Waals surface area contributed by atoms with Crippen LogP contribution in [0.3, 0.4) is 0 Å². The van der Waals surface area contributed by atoms with Crippen LogP contribution in [0.1, 0.15) is 24.5 Å². The third kappa shape index (κ3) is 5.45. The molecule has 1 aromatic heterocycles. The number of para-hydroxylation sites is 2. The van der Waals surface area contributed by atoms with Gasteiger partial charge in [-0.2, -0.15) is 5.10 Å². The molecule has 1 heterocycles. The molecular formula is C22H25N3O2. The summed E-state index contributed by atoms with van der Waals surface area (Å²) in [6.45, 7) is 3.19. The van der Waals surface area contributed by atoms with Crippen LogP contribution < -0.4 is 10.1 Å². The predicted molar refractivity (Wildman–Crippen MR) is 106 cm³/mol. The average molecular weight is 363 g/mol. The number of carbonyl (C=O) groups is 1. The Labute approximate surface area is 160 Å². The van der Waals surface area contributed by atoms with E-state index < -0.39 is 0 Å². The zero-order valence-corrected chi connectivity index (χ0v) is 15.6. The fraction of sp³-hybridized carbons (Fsp3) is 0.273. The van der Waals surface area contributed by atoms with Crippen molar-refractivity contribution in [3.63, 3.8) is 0 Å². The monoisotopic (exact) mass is 363 g/mol. The van der Waals surface area contributed by atoms with Gasteiger partial charge in [-0.3, -0.25) is 4.79 Å². The number of nitrogens with zero attached hydrogens (tertiary/aromatic N) is 2. The van der Waals surface area contributed by atoms with Gasteiger partial charge in [-0.25, -0.2) is 4.68 Å². The molecular weight excluding hydrogens is 338 g/mol. The van der Waals surface area contributed by atoms with E-state index >= 15 is 0 Å². The first-order chi connectivity index (χ1) is 13.3. The molecule has 0 fully saturated rings. The van der Waals surface area contributed by atoms with Crippen LogP contribution in [-0.2, 0) is 17.6 Å². The van der Waals surface area contributed by atoms with Gasteiger partial charge in [-0.05, 0) is 49.1 Å². The first kappa shape index (κ1) is 18.7. The Balaban J connectivity index is 1.43. The van der Waals surface area contributed by atoms with Crippen LogP contribution in [0, 0.1) is 0 Å². The zero-order valence-electron chi connectivity index (χ0n) is 15.6. The lowest BCUT2D eigenvalue weighted by Crippen LogP contribution is -2.25. The van der Waals surface area contributed by atoms with E-state index in [1.807, 2.05) is 78.6 Å². The van der Waals surface area contributed by atoms with Crippen molar-refractivity contribution in [2.45, 2.75) is 26.2 Å². The van der Waals surface area contributed by atoms with Crippen molar-refractivity contribution in [2.75, 3.05) is 13.2 Å². The largest absolute Gasteiger partial charge is 0.494 e. The van der Waals surface area contributed by atoms with Gasteiger partial charge < -0.3 is 10.1 Å². The minimum Gasteiger partial charge on any atom is -0.494 e. The summed E-state index contributed by atoms with van der Waals surface area (Å²) in [6.07, 6.45) is 5.73. The highest BCUT2D eigenvalue weighted by atomic mass is 16.5. The molecule has 0 saturated carbocycles. The average Bonchev–Trinajstić information content (AvgIpc) is 3.17. The highest BCUT2D eigenvalue weighted by Crippen LogP contribution is 2.19. The van der Waals surface area contributed by atoms with Crippen molar-refractivity contribution in [2.24, 2.45) is 0 Å². The van der Waals surface area contributed by atoms with E-state index in [1.165, 1.54) is 0 Å². The Morgan fingerprint density at radius 1 is 1.07 bits per heavy atom. The lowest BCUT2D eigenvalue weighted by molar-refractivity contribution is -0.121. The summed E-state index contributed by atoms with van der Waals surface area (Å²) in [7, 11) is 0. The number of aromatic nitrogens is 2. The van der Waals surface area contributed by atoms with Crippen LogP contribution in [0.2, 0.25) is 0 Å². The van der Waals surface area contributed by atoms with Crippen molar-refractivity contribution in [1.29, 1.82) is 0 Å². The van der Waals surface area contributed by atoms with E-state index in [9.17, 15) is 4.79 Å². The molecule has 1 amide bonds. The topological polar surface area (TPSA) is 56.1 Å².